The van der Waals surface area contributed by atoms with Crippen LogP contribution in [0.1, 0.15) is 36.5 Å². The highest BCUT2D eigenvalue weighted by Crippen LogP contribution is 2.34. The molecule has 0 bridgehead atoms. The van der Waals surface area contributed by atoms with Crippen molar-refractivity contribution in [2.45, 2.75) is 32.6 Å². The van der Waals surface area contributed by atoms with E-state index in [0.717, 1.165) is 11.1 Å². The molecule has 1 heterocycles. The van der Waals surface area contributed by atoms with Crippen molar-refractivity contribution in [3.05, 3.63) is 51.9 Å². The summed E-state index contributed by atoms with van der Waals surface area (Å²) in [7, 11) is 0. The van der Waals surface area contributed by atoms with Gasteiger partial charge in [0.2, 0.25) is 0 Å². The fourth-order valence-corrected chi connectivity index (χ4v) is 2.60. The molecule has 21 heavy (non-hydrogen) atoms. The Morgan fingerprint density at radius 1 is 1.33 bits per heavy atom. The highest BCUT2D eigenvalue weighted by molar-refractivity contribution is 6.31. The van der Waals surface area contributed by atoms with Gasteiger partial charge in [-0.3, -0.25) is 0 Å². The van der Waals surface area contributed by atoms with Crippen molar-refractivity contribution in [1.82, 2.24) is 4.98 Å². The molecule has 1 aromatic heterocycles. The van der Waals surface area contributed by atoms with E-state index < -0.39 is 5.82 Å². The van der Waals surface area contributed by atoms with E-state index in [-0.39, 0.29) is 17.7 Å². The zero-order chi connectivity index (χ0) is 15.6. The van der Waals surface area contributed by atoms with E-state index >= 15 is 0 Å². The maximum atomic E-state index is 14.1. The fourth-order valence-electron chi connectivity index (χ4n) is 1.96. The average Bonchev–Trinajstić information content (AvgIpc) is 2.43. The average molecular weight is 328 g/mol. The molecule has 0 amide bonds. The molecule has 5 heteroatoms. The Labute approximate surface area is 133 Å². The van der Waals surface area contributed by atoms with E-state index in [1.165, 1.54) is 12.3 Å². The minimum absolute atomic E-state index is 0.0710. The molecule has 0 N–H and O–H groups in total. The third-order valence-electron chi connectivity index (χ3n) is 3.20. The quantitative estimate of drug-likeness (QED) is 0.658. The van der Waals surface area contributed by atoms with Crippen molar-refractivity contribution in [3.8, 4) is 11.6 Å². The smallest absolute Gasteiger partial charge is 0.256 e. The highest BCUT2D eigenvalue weighted by Gasteiger charge is 2.15. The normalized spacial score (nSPS) is 11.0. The first-order chi connectivity index (χ1) is 9.93. The summed E-state index contributed by atoms with van der Waals surface area (Å²) in [6, 6.07) is 5.18. The number of aryl methyl sites for hydroxylation is 1. The molecular weight excluding hydrogens is 312 g/mol. The fraction of sp³-hybridized carbons (Fsp3) is 0.312. The van der Waals surface area contributed by atoms with Crippen LogP contribution in [-0.4, -0.2) is 4.98 Å². The minimum Gasteiger partial charge on any atom is -0.436 e. The van der Waals surface area contributed by atoms with Crippen molar-refractivity contribution in [2.24, 2.45) is 0 Å². The first-order valence-electron chi connectivity index (χ1n) is 6.61. The highest BCUT2D eigenvalue weighted by atomic mass is 35.5. The number of benzene rings is 1. The van der Waals surface area contributed by atoms with Gasteiger partial charge in [0, 0.05) is 16.8 Å². The predicted octanol–water partition coefficient (Wildman–Crippen LogP) is 5.84. The Morgan fingerprint density at radius 2 is 2.05 bits per heavy atom. The maximum absolute atomic E-state index is 14.1. The number of hydrogen-bond donors (Lipinski definition) is 0. The lowest BCUT2D eigenvalue weighted by atomic mass is 10.0. The first-order valence-corrected chi connectivity index (χ1v) is 7.52. The van der Waals surface area contributed by atoms with Crippen LogP contribution in [0.4, 0.5) is 4.39 Å². The first kappa shape index (κ1) is 16.1. The molecule has 0 atom stereocenters. The second-order valence-corrected chi connectivity index (χ2v) is 5.79. The number of halogens is 3. The van der Waals surface area contributed by atoms with Crippen LogP contribution in [0.2, 0.25) is 5.02 Å². The van der Waals surface area contributed by atoms with Crippen LogP contribution < -0.4 is 4.74 Å². The summed E-state index contributed by atoms with van der Waals surface area (Å²) >= 11 is 11.9. The molecule has 2 rings (SSSR count). The molecular formula is C16H16Cl2FNO. The van der Waals surface area contributed by atoms with Crippen LogP contribution in [0.5, 0.6) is 11.6 Å². The standard InChI is InChI=1S/C16H16Cl2FNO/c1-9(2)12-7-14(10(3)6-13(12)18)21-16-15(19)11(8-17)4-5-20-16/h4-7,9H,8H2,1-3H3. The zero-order valence-corrected chi connectivity index (χ0v) is 13.6. The van der Waals surface area contributed by atoms with Crippen molar-refractivity contribution in [3.63, 3.8) is 0 Å². The Balaban J connectivity index is 2.42. The van der Waals surface area contributed by atoms with Crippen molar-refractivity contribution < 1.29 is 9.13 Å². The Hall–Kier alpha value is -1.32. The third kappa shape index (κ3) is 3.47. The Morgan fingerprint density at radius 3 is 2.67 bits per heavy atom. The SMILES string of the molecule is Cc1cc(Cl)c(C(C)C)cc1Oc1nccc(CCl)c1F. The molecule has 2 aromatic rings. The molecule has 112 valence electrons. The predicted molar refractivity (Wildman–Crippen MR) is 84.1 cm³/mol. The van der Waals surface area contributed by atoms with Crippen molar-refractivity contribution >= 4 is 23.2 Å². The molecule has 2 nitrogen and oxygen atoms in total. The summed E-state index contributed by atoms with van der Waals surface area (Å²) in [5.41, 5.74) is 2.13. The number of nitrogens with zero attached hydrogens (tertiary/aromatic N) is 1. The molecule has 0 unspecified atom stereocenters. The van der Waals surface area contributed by atoms with Gasteiger partial charge >= 0.3 is 0 Å². The molecule has 0 radical (unpaired) electrons. The van der Waals surface area contributed by atoms with Crippen LogP contribution >= 0.6 is 23.2 Å². The van der Waals surface area contributed by atoms with Gasteiger partial charge in [0.1, 0.15) is 5.75 Å². The number of aromatic nitrogens is 1. The Kier molecular flexibility index (Phi) is 5.07. The van der Waals surface area contributed by atoms with Crippen LogP contribution in [0.25, 0.3) is 0 Å². The zero-order valence-electron chi connectivity index (χ0n) is 12.1. The van der Waals surface area contributed by atoms with Gasteiger partial charge in [-0.25, -0.2) is 9.37 Å². The van der Waals surface area contributed by atoms with Gasteiger partial charge in [-0.2, -0.15) is 0 Å². The van der Waals surface area contributed by atoms with Gasteiger partial charge in [0.25, 0.3) is 5.88 Å². The van der Waals surface area contributed by atoms with E-state index in [2.05, 4.69) is 4.98 Å². The van der Waals surface area contributed by atoms with Gasteiger partial charge in [-0.15, -0.1) is 11.6 Å². The van der Waals surface area contributed by atoms with Gasteiger partial charge in [0.05, 0.1) is 5.88 Å². The molecule has 0 saturated heterocycles. The minimum atomic E-state index is -0.534. The molecule has 0 spiro atoms. The van der Waals surface area contributed by atoms with E-state index in [4.69, 9.17) is 27.9 Å². The van der Waals surface area contributed by atoms with Crippen molar-refractivity contribution in [2.75, 3.05) is 0 Å². The summed E-state index contributed by atoms with van der Waals surface area (Å²) in [4.78, 5) is 3.93. The number of pyridine rings is 1. The van der Waals surface area contributed by atoms with Gasteiger partial charge < -0.3 is 4.74 Å². The largest absolute Gasteiger partial charge is 0.436 e. The molecule has 0 aliphatic rings. The number of hydrogen-bond acceptors (Lipinski definition) is 2. The Bertz CT molecular complexity index is 659. The van der Waals surface area contributed by atoms with Crippen molar-refractivity contribution in [1.29, 1.82) is 0 Å². The van der Waals surface area contributed by atoms with E-state index in [0.29, 0.717) is 16.3 Å². The summed E-state index contributed by atoms with van der Waals surface area (Å²) in [5.74, 6) is 0.247. The van der Waals surface area contributed by atoms with Crippen LogP contribution in [-0.2, 0) is 5.88 Å². The number of alkyl halides is 1. The molecule has 0 saturated carbocycles. The van der Waals surface area contributed by atoms with Gasteiger partial charge in [-0.05, 0) is 42.2 Å². The van der Waals surface area contributed by atoms with E-state index in [9.17, 15) is 4.39 Å². The maximum Gasteiger partial charge on any atom is 0.256 e. The second kappa shape index (κ2) is 6.63. The summed E-state index contributed by atoms with van der Waals surface area (Å²) in [6.07, 6.45) is 1.48. The lowest BCUT2D eigenvalue weighted by Gasteiger charge is -2.14. The summed E-state index contributed by atoms with van der Waals surface area (Å²) in [5, 5.41) is 0.679. The van der Waals surface area contributed by atoms with E-state index in [1.807, 2.05) is 32.9 Å². The molecule has 0 aliphatic heterocycles. The summed E-state index contributed by atoms with van der Waals surface area (Å²) < 4.78 is 19.8. The second-order valence-electron chi connectivity index (χ2n) is 5.12. The molecule has 0 fully saturated rings. The summed E-state index contributed by atoms with van der Waals surface area (Å²) in [6.45, 7) is 5.93. The van der Waals surface area contributed by atoms with Crippen LogP contribution in [0, 0.1) is 12.7 Å². The van der Waals surface area contributed by atoms with Gasteiger partial charge in [0.15, 0.2) is 5.82 Å². The van der Waals surface area contributed by atoms with E-state index in [1.54, 1.807) is 0 Å². The molecule has 1 aromatic carbocycles. The lowest BCUT2D eigenvalue weighted by Crippen LogP contribution is -1.99. The van der Waals surface area contributed by atoms with Gasteiger partial charge in [-0.1, -0.05) is 25.4 Å². The monoisotopic (exact) mass is 327 g/mol. The molecule has 0 aliphatic carbocycles. The number of ether oxygens (including phenoxy) is 1. The van der Waals surface area contributed by atoms with Crippen LogP contribution in [0.3, 0.4) is 0 Å². The van der Waals surface area contributed by atoms with Crippen LogP contribution in [0.15, 0.2) is 24.4 Å². The topological polar surface area (TPSA) is 22.1 Å². The third-order valence-corrected chi connectivity index (χ3v) is 3.82. The lowest BCUT2D eigenvalue weighted by molar-refractivity contribution is 0.417. The number of rotatable bonds is 4.